The molecule has 1 fully saturated rings. The maximum Gasteiger partial charge on any atom is 0.310 e. The monoisotopic (exact) mass is 300 g/mol. The van der Waals surface area contributed by atoms with E-state index in [1.165, 1.54) is 0 Å². The Labute approximate surface area is 126 Å². The number of ether oxygens (including phenoxy) is 1. The molecule has 2 atom stereocenters. The van der Waals surface area contributed by atoms with Gasteiger partial charge in [-0.15, -0.1) is 0 Å². The number of hydrogen-bond acceptors (Lipinski definition) is 4. The fourth-order valence-electron chi connectivity index (χ4n) is 2.40. The van der Waals surface area contributed by atoms with E-state index in [9.17, 15) is 14.7 Å². The number of carbonyl (C=O) groups is 2. The normalized spacial score (nSPS) is 20.8. The van der Waals surface area contributed by atoms with E-state index in [2.05, 4.69) is 10.2 Å². The average molecular weight is 300 g/mol. The number of aliphatic carboxylic acids is 1. The van der Waals surface area contributed by atoms with Crippen LogP contribution in [0.2, 0.25) is 0 Å². The molecule has 0 spiro atoms. The van der Waals surface area contributed by atoms with Crippen LogP contribution in [0, 0.1) is 11.3 Å². The molecule has 0 aliphatic carbocycles. The smallest absolute Gasteiger partial charge is 0.310 e. The number of carboxylic acid groups (broad SMARTS) is 1. The molecule has 1 heterocycles. The Morgan fingerprint density at radius 3 is 2.33 bits per heavy atom. The predicted molar refractivity (Wildman–Crippen MR) is 80.1 cm³/mol. The molecule has 1 aliphatic rings. The lowest BCUT2D eigenvalue weighted by Gasteiger charge is -2.31. The van der Waals surface area contributed by atoms with Gasteiger partial charge in [0.25, 0.3) is 0 Å². The molecule has 1 amide bonds. The first-order valence-corrected chi connectivity index (χ1v) is 7.58. The van der Waals surface area contributed by atoms with Gasteiger partial charge in [0, 0.05) is 32.1 Å². The highest BCUT2D eigenvalue weighted by Crippen LogP contribution is 2.31. The molecule has 0 aromatic heterocycles. The van der Waals surface area contributed by atoms with Crippen LogP contribution in [-0.2, 0) is 14.3 Å². The molecule has 1 saturated heterocycles. The van der Waals surface area contributed by atoms with Gasteiger partial charge < -0.3 is 15.2 Å². The first kappa shape index (κ1) is 17.9. The lowest BCUT2D eigenvalue weighted by atomic mass is 9.76. The number of carboxylic acids is 1. The van der Waals surface area contributed by atoms with Gasteiger partial charge in [-0.1, -0.05) is 13.8 Å². The first-order chi connectivity index (χ1) is 9.75. The van der Waals surface area contributed by atoms with Crippen LogP contribution in [0.25, 0.3) is 0 Å². The van der Waals surface area contributed by atoms with Crippen LogP contribution in [0.3, 0.4) is 0 Å². The zero-order valence-electron chi connectivity index (χ0n) is 13.5. The van der Waals surface area contributed by atoms with Crippen LogP contribution >= 0.6 is 0 Å². The second-order valence-electron chi connectivity index (χ2n) is 6.44. The standard InChI is InChI=1S/C15H28N2O4/c1-11(2)15(4,14(19)20)9-13(18)16-12(3)10-17-5-7-21-8-6-17/h11-12H,5-10H2,1-4H3,(H,16,18)(H,19,20). The molecule has 2 unspecified atom stereocenters. The Balaban J connectivity index is 2.46. The number of hydrogen-bond donors (Lipinski definition) is 2. The van der Waals surface area contributed by atoms with Crippen LogP contribution in [0.5, 0.6) is 0 Å². The summed E-state index contributed by atoms with van der Waals surface area (Å²) in [6.07, 6.45) is 0.00739. The molecule has 6 heteroatoms. The lowest BCUT2D eigenvalue weighted by molar-refractivity contribution is -0.153. The molecule has 0 saturated carbocycles. The molecule has 21 heavy (non-hydrogen) atoms. The quantitative estimate of drug-likeness (QED) is 0.732. The van der Waals surface area contributed by atoms with Gasteiger partial charge in [0.2, 0.25) is 5.91 Å². The summed E-state index contributed by atoms with van der Waals surface area (Å²) in [7, 11) is 0. The highest BCUT2D eigenvalue weighted by molar-refractivity contribution is 5.85. The van der Waals surface area contributed by atoms with Gasteiger partial charge in [-0.25, -0.2) is 0 Å². The van der Waals surface area contributed by atoms with E-state index in [0.29, 0.717) is 0 Å². The molecule has 0 aromatic rings. The summed E-state index contributed by atoms with van der Waals surface area (Å²) in [5.74, 6) is -1.22. The van der Waals surface area contributed by atoms with Crippen LogP contribution < -0.4 is 5.32 Å². The maximum absolute atomic E-state index is 12.1. The Morgan fingerprint density at radius 1 is 1.29 bits per heavy atom. The van der Waals surface area contributed by atoms with Crippen molar-refractivity contribution in [3.05, 3.63) is 0 Å². The third kappa shape index (κ3) is 5.28. The van der Waals surface area contributed by atoms with Crippen molar-refractivity contribution in [1.29, 1.82) is 0 Å². The molecule has 0 radical (unpaired) electrons. The summed E-state index contributed by atoms with van der Waals surface area (Å²) in [5, 5.41) is 12.3. The second kappa shape index (κ2) is 7.75. The van der Waals surface area contributed by atoms with Crippen molar-refractivity contribution in [2.75, 3.05) is 32.8 Å². The summed E-state index contributed by atoms with van der Waals surface area (Å²) in [4.78, 5) is 25.7. The highest BCUT2D eigenvalue weighted by Gasteiger charge is 2.39. The van der Waals surface area contributed by atoms with Gasteiger partial charge >= 0.3 is 5.97 Å². The number of rotatable bonds is 7. The lowest BCUT2D eigenvalue weighted by Crippen LogP contribution is -2.47. The van der Waals surface area contributed by atoms with Crippen LogP contribution in [0.1, 0.15) is 34.1 Å². The van der Waals surface area contributed by atoms with E-state index in [1.54, 1.807) is 6.92 Å². The van der Waals surface area contributed by atoms with E-state index in [-0.39, 0.29) is 24.3 Å². The summed E-state index contributed by atoms with van der Waals surface area (Å²) >= 11 is 0. The zero-order valence-corrected chi connectivity index (χ0v) is 13.5. The maximum atomic E-state index is 12.1. The predicted octanol–water partition coefficient (Wildman–Crippen LogP) is 0.960. The van der Waals surface area contributed by atoms with Crippen molar-refractivity contribution >= 4 is 11.9 Å². The fraction of sp³-hybridized carbons (Fsp3) is 0.867. The van der Waals surface area contributed by atoms with Gasteiger partial charge in [0.15, 0.2) is 0 Å². The van der Waals surface area contributed by atoms with Gasteiger partial charge in [-0.3, -0.25) is 14.5 Å². The van der Waals surface area contributed by atoms with Crippen LogP contribution in [-0.4, -0.2) is 60.8 Å². The Bertz CT molecular complexity index is 367. The molecular formula is C15H28N2O4. The Kier molecular flexibility index (Phi) is 6.61. The molecule has 0 bridgehead atoms. The highest BCUT2D eigenvalue weighted by atomic mass is 16.5. The minimum Gasteiger partial charge on any atom is -0.481 e. The molecule has 1 aliphatic heterocycles. The van der Waals surface area contributed by atoms with Crippen molar-refractivity contribution in [3.8, 4) is 0 Å². The molecule has 122 valence electrons. The van der Waals surface area contributed by atoms with E-state index >= 15 is 0 Å². The number of nitrogens with one attached hydrogen (secondary N) is 1. The minimum atomic E-state index is -1.03. The van der Waals surface area contributed by atoms with Crippen LogP contribution in [0.15, 0.2) is 0 Å². The Hall–Kier alpha value is -1.14. The number of morpholine rings is 1. The molecular weight excluding hydrogens is 272 g/mol. The van der Waals surface area contributed by atoms with Crippen molar-refractivity contribution in [3.63, 3.8) is 0 Å². The summed E-state index contributed by atoms with van der Waals surface area (Å²) in [6.45, 7) is 11.2. The molecule has 0 aromatic carbocycles. The number of amides is 1. The average Bonchev–Trinajstić information content (AvgIpc) is 2.38. The van der Waals surface area contributed by atoms with Gasteiger partial charge in [0.05, 0.1) is 18.6 Å². The minimum absolute atomic E-state index is 0.000747. The third-order valence-electron chi connectivity index (χ3n) is 4.33. The Morgan fingerprint density at radius 2 is 1.86 bits per heavy atom. The number of carbonyl (C=O) groups excluding carboxylic acids is 1. The van der Waals surface area contributed by atoms with E-state index < -0.39 is 11.4 Å². The summed E-state index contributed by atoms with van der Waals surface area (Å²) in [5.41, 5.74) is -1.03. The van der Waals surface area contributed by atoms with E-state index in [0.717, 1.165) is 32.8 Å². The fourth-order valence-corrected chi connectivity index (χ4v) is 2.40. The summed E-state index contributed by atoms with van der Waals surface area (Å²) < 4.78 is 5.29. The largest absolute Gasteiger partial charge is 0.481 e. The van der Waals surface area contributed by atoms with E-state index in [1.807, 2.05) is 20.8 Å². The summed E-state index contributed by atoms with van der Waals surface area (Å²) in [6, 6.07) is 0.000747. The SMILES string of the molecule is CC(CN1CCOCC1)NC(=O)CC(C)(C(=O)O)C(C)C. The van der Waals surface area contributed by atoms with Gasteiger partial charge in [-0.05, 0) is 19.8 Å². The van der Waals surface area contributed by atoms with Gasteiger partial charge in [0.1, 0.15) is 0 Å². The van der Waals surface area contributed by atoms with E-state index in [4.69, 9.17) is 4.74 Å². The second-order valence-corrected chi connectivity index (χ2v) is 6.44. The first-order valence-electron chi connectivity index (χ1n) is 7.58. The molecule has 1 rings (SSSR count). The zero-order chi connectivity index (χ0) is 16.0. The molecule has 2 N–H and O–H groups in total. The third-order valence-corrected chi connectivity index (χ3v) is 4.33. The van der Waals surface area contributed by atoms with Crippen molar-refractivity contribution < 1.29 is 19.4 Å². The molecule has 6 nitrogen and oxygen atoms in total. The van der Waals surface area contributed by atoms with Crippen molar-refractivity contribution in [2.24, 2.45) is 11.3 Å². The van der Waals surface area contributed by atoms with Crippen molar-refractivity contribution in [2.45, 2.75) is 40.2 Å². The number of nitrogens with zero attached hydrogens (tertiary/aromatic N) is 1. The van der Waals surface area contributed by atoms with Gasteiger partial charge in [-0.2, -0.15) is 0 Å². The topological polar surface area (TPSA) is 78.9 Å². The van der Waals surface area contributed by atoms with Crippen molar-refractivity contribution in [1.82, 2.24) is 10.2 Å². The van der Waals surface area contributed by atoms with Crippen LogP contribution in [0.4, 0.5) is 0 Å².